The van der Waals surface area contributed by atoms with Crippen LogP contribution in [0.5, 0.6) is 0 Å². The first-order valence-corrected chi connectivity index (χ1v) is 5.80. The van der Waals surface area contributed by atoms with Crippen LogP contribution in [-0.4, -0.2) is 12.1 Å². The molecule has 96 valence electrons. The van der Waals surface area contributed by atoms with Gasteiger partial charge < -0.3 is 5.73 Å². The first-order chi connectivity index (χ1) is 9.16. The predicted octanol–water partition coefficient (Wildman–Crippen LogP) is 2.47. The van der Waals surface area contributed by atoms with Gasteiger partial charge in [-0.05, 0) is 23.3 Å². The summed E-state index contributed by atoms with van der Waals surface area (Å²) in [6.07, 6.45) is 1.52. The van der Waals surface area contributed by atoms with Gasteiger partial charge in [-0.15, -0.1) is 0 Å². The molecule has 0 aliphatic rings. The minimum atomic E-state index is -0.730. The molecule has 0 aromatic heterocycles. The molecule has 2 rings (SSSR count). The maximum atomic E-state index is 12.8. The molecule has 0 bridgehead atoms. The van der Waals surface area contributed by atoms with Crippen molar-refractivity contribution in [2.45, 2.75) is 6.04 Å². The van der Waals surface area contributed by atoms with Gasteiger partial charge in [0, 0.05) is 6.21 Å². The predicted molar refractivity (Wildman–Crippen MR) is 72.4 cm³/mol. The van der Waals surface area contributed by atoms with Gasteiger partial charge in [0.1, 0.15) is 5.82 Å². The molecule has 0 fully saturated rings. The van der Waals surface area contributed by atoms with Crippen molar-refractivity contribution in [3.8, 4) is 0 Å². The van der Waals surface area contributed by atoms with Crippen molar-refractivity contribution < 1.29 is 9.18 Å². The van der Waals surface area contributed by atoms with Crippen LogP contribution in [0.25, 0.3) is 0 Å². The number of hydrogen-bond donors (Lipinski definition) is 1. The van der Waals surface area contributed by atoms with Crippen molar-refractivity contribution in [3.05, 3.63) is 71.5 Å². The Bertz CT molecular complexity index is 579. The lowest BCUT2D eigenvalue weighted by Crippen LogP contribution is -2.20. The van der Waals surface area contributed by atoms with E-state index in [-0.39, 0.29) is 5.82 Å². The molecule has 2 aromatic rings. The van der Waals surface area contributed by atoms with Crippen LogP contribution in [0.1, 0.15) is 17.2 Å². The van der Waals surface area contributed by atoms with Crippen molar-refractivity contribution >= 4 is 12.1 Å². The van der Waals surface area contributed by atoms with Crippen LogP contribution in [0, 0.1) is 5.82 Å². The number of benzene rings is 2. The molecule has 0 unspecified atom stereocenters. The van der Waals surface area contributed by atoms with Crippen LogP contribution in [-0.2, 0) is 4.79 Å². The number of aliphatic imine (C=N–C) groups is 1. The molecule has 4 heteroatoms. The van der Waals surface area contributed by atoms with E-state index in [0.29, 0.717) is 5.56 Å². The highest BCUT2D eigenvalue weighted by molar-refractivity contribution is 5.86. The molecule has 2 N–H and O–H groups in total. The summed E-state index contributed by atoms with van der Waals surface area (Å²) in [7, 11) is 0. The number of nitrogens with two attached hydrogens (primary N) is 1. The number of primary amides is 1. The number of hydrogen-bond acceptors (Lipinski definition) is 2. The lowest BCUT2D eigenvalue weighted by Gasteiger charge is -2.08. The minimum Gasteiger partial charge on any atom is -0.368 e. The second-order valence-electron chi connectivity index (χ2n) is 4.05. The normalized spacial score (nSPS) is 12.5. The lowest BCUT2D eigenvalue weighted by atomic mass is 10.1. The Labute approximate surface area is 110 Å². The molecule has 0 aliphatic heterocycles. The summed E-state index contributed by atoms with van der Waals surface area (Å²) in [6, 6.07) is 14.2. The fourth-order valence-corrected chi connectivity index (χ4v) is 1.67. The van der Waals surface area contributed by atoms with Gasteiger partial charge in [-0.3, -0.25) is 9.79 Å². The molecule has 0 spiro atoms. The summed E-state index contributed by atoms with van der Waals surface area (Å²) in [6.45, 7) is 0. The van der Waals surface area contributed by atoms with E-state index in [1.165, 1.54) is 18.3 Å². The number of halogens is 1. The summed E-state index contributed by atoms with van der Waals surface area (Å²) in [4.78, 5) is 15.6. The maximum Gasteiger partial charge on any atom is 0.246 e. The van der Waals surface area contributed by atoms with Gasteiger partial charge in [0.05, 0.1) is 0 Å². The maximum absolute atomic E-state index is 12.8. The van der Waals surface area contributed by atoms with Gasteiger partial charge in [-0.25, -0.2) is 4.39 Å². The number of rotatable bonds is 4. The van der Waals surface area contributed by atoms with Gasteiger partial charge in [-0.1, -0.05) is 42.5 Å². The second-order valence-corrected chi connectivity index (χ2v) is 4.05. The van der Waals surface area contributed by atoms with E-state index in [2.05, 4.69) is 4.99 Å². The monoisotopic (exact) mass is 256 g/mol. The quantitative estimate of drug-likeness (QED) is 0.839. The Morgan fingerprint density at radius 2 is 1.74 bits per heavy atom. The third-order valence-corrected chi connectivity index (χ3v) is 2.63. The highest BCUT2D eigenvalue weighted by Gasteiger charge is 2.14. The Morgan fingerprint density at radius 1 is 1.11 bits per heavy atom. The van der Waals surface area contributed by atoms with Gasteiger partial charge in [0.2, 0.25) is 5.91 Å². The summed E-state index contributed by atoms with van der Waals surface area (Å²) < 4.78 is 12.8. The van der Waals surface area contributed by atoms with Crippen LogP contribution in [0.4, 0.5) is 4.39 Å². The van der Waals surface area contributed by atoms with Crippen molar-refractivity contribution in [2.75, 3.05) is 0 Å². The number of nitrogens with zero attached hydrogens (tertiary/aromatic N) is 1. The van der Waals surface area contributed by atoms with Crippen LogP contribution in [0.15, 0.2) is 59.6 Å². The van der Waals surface area contributed by atoms with E-state index >= 15 is 0 Å². The Morgan fingerprint density at radius 3 is 2.32 bits per heavy atom. The molecule has 2 aromatic carbocycles. The number of carbonyl (C=O) groups is 1. The third kappa shape index (κ3) is 3.48. The van der Waals surface area contributed by atoms with E-state index in [9.17, 15) is 9.18 Å². The number of carbonyl (C=O) groups excluding carboxylic acids is 1. The third-order valence-electron chi connectivity index (χ3n) is 2.63. The fourth-order valence-electron chi connectivity index (χ4n) is 1.67. The van der Waals surface area contributed by atoms with Crippen LogP contribution < -0.4 is 5.73 Å². The lowest BCUT2D eigenvalue weighted by molar-refractivity contribution is -0.119. The van der Waals surface area contributed by atoms with Gasteiger partial charge in [0.15, 0.2) is 6.04 Å². The average Bonchev–Trinajstić information content (AvgIpc) is 2.42. The topological polar surface area (TPSA) is 55.5 Å². The van der Waals surface area contributed by atoms with Crippen LogP contribution in [0.3, 0.4) is 0 Å². The minimum absolute atomic E-state index is 0.313. The van der Waals surface area contributed by atoms with Gasteiger partial charge >= 0.3 is 0 Å². The fraction of sp³-hybridized carbons (Fsp3) is 0.0667. The molecule has 3 nitrogen and oxygen atoms in total. The zero-order valence-electron chi connectivity index (χ0n) is 10.2. The molecule has 19 heavy (non-hydrogen) atoms. The van der Waals surface area contributed by atoms with Crippen molar-refractivity contribution in [1.29, 1.82) is 0 Å². The highest BCUT2D eigenvalue weighted by atomic mass is 19.1. The molecule has 0 aliphatic carbocycles. The Kier molecular flexibility index (Phi) is 4.03. The zero-order valence-corrected chi connectivity index (χ0v) is 10.2. The van der Waals surface area contributed by atoms with E-state index < -0.39 is 11.9 Å². The molecular weight excluding hydrogens is 243 g/mol. The largest absolute Gasteiger partial charge is 0.368 e. The van der Waals surface area contributed by atoms with E-state index in [1.807, 2.05) is 18.2 Å². The first-order valence-electron chi connectivity index (χ1n) is 5.80. The first kappa shape index (κ1) is 13.0. The Hall–Kier alpha value is -2.49. The summed E-state index contributed by atoms with van der Waals surface area (Å²) in [5.41, 5.74) is 6.79. The van der Waals surface area contributed by atoms with Crippen LogP contribution in [0.2, 0.25) is 0 Å². The Balaban J connectivity index is 2.22. The highest BCUT2D eigenvalue weighted by Crippen LogP contribution is 2.16. The molecule has 0 saturated carbocycles. The van der Waals surface area contributed by atoms with E-state index in [4.69, 9.17) is 5.73 Å². The van der Waals surface area contributed by atoms with Crippen molar-refractivity contribution in [2.24, 2.45) is 10.7 Å². The van der Waals surface area contributed by atoms with Gasteiger partial charge in [0.25, 0.3) is 0 Å². The molecule has 1 atom stereocenters. The molecule has 0 saturated heterocycles. The molecule has 0 heterocycles. The van der Waals surface area contributed by atoms with E-state index in [0.717, 1.165) is 5.56 Å². The van der Waals surface area contributed by atoms with Gasteiger partial charge in [-0.2, -0.15) is 0 Å². The van der Waals surface area contributed by atoms with Crippen molar-refractivity contribution in [3.63, 3.8) is 0 Å². The number of amides is 1. The average molecular weight is 256 g/mol. The zero-order chi connectivity index (χ0) is 13.7. The second kappa shape index (κ2) is 5.91. The SMILES string of the molecule is NC(=O)[C@@H](N=Cc1ccc(F)cc1)c1ccccc1. The molecule has 0 radical (unpaired) electrons. The van der Waals surface area contributed by atoms with Crippen molar-refractivity contribution in [1.82, 2.24) is 0 Å². The summed E-state index contributed by atoms with van der Waals surface area (Å²) in [5, 5.41) is 0. The molecular formula is C15H13FN2O. The summed E-state index contributed by atoms with van der Waals surface area (Å²) >= 11 is 0. The smallest absolute Gasteiger partial charge is 0.246 e. The van der Waals surface area contributed by atoms with E-state index in [1.54, 1.807) is 24.3 Å². The molecule has 1 amide bonds. The van der Waals surface area contributed by atoms with Crippen LogP contribution >= 0.6 is 0 Å². The standard InChI is InChI=1S/C15H13FN2O/c16-13-8-6-11(7-9-13)10-18-14(15(17)19)12-4-2-1-3-5-12/h1-10,14H,(H2,17,19)/t14-/m0/s1. The summed E-state index contributed by atoms with van der Waals surface area (Å²) in [5.74, 6) is -0.837.